The molecule has 0 radical (unpaired) electrons. The Morgan fingerprint density at radius 3 is 2.25 bits per heavy atom. The van der Waals surface area contributed by atoms with Gasteiger partial charge in [-0.15, -0.1) is 0 Å². The molecule has 1 aromatic rings. The van der Waals surface area contributed by atoms with E-state index in [1.807, 2.05) is 44.2 Å². The van der Waals surface area contributed by atoms with Crippen molar-refractivity contribution in [3.05, 3.63) is 30.3 Å². The number of amides is 2. The Morgan fingerprint density at radius 2 is 1.75 bits per heavy atom. The molecule has 1 aromatic carbocycles. The second-order valence-electron chi connectivity index (χ2n) is 4.81. The van der Waals surface area contributed by atoms with Crippen LogP contribution in [0.1, 0.15) is 33.6 Å². The van der Waals surface area contributed by atoms with E-state index >= 15 is 0 Å². The fourth-order valence-electron chi connectivity index (χ4n) is 2.17. The number of benzene rings is 1. The molecule has 4 nitrogen and oxygen atoms in total. The summed E-state index contributed by atoms with van der Waals surface area (Å²) >= 11 is 0. The number of carbonyl (C=O) groups is 2. The summed E-state index contributed by atoms with van der Waals surface area (Å²) in [5.74, 6) is 0.122. The quantitative estimate of drug-likeness (QED) is 0.832. The maximum absolute atomic E-state index is 11.9. The molecule has 20 heavy (non-hydrogen) atoms. The predicted molar refractivity (Wildman–Crippen MR) is 81.6 cm³/mol. The minimum atomic E-state index is -0.0204. The van der Waals surface area contributed by atoms with Gasteiger partial charge in [0.25, 0.3) is 0 Å². The lowest BCUT2D eigenvalue weighted by Gasteiger charge is -2.22. The fraction of sp³-hybridized carbons (Fsp3) is 0.500. The van der Waals surface area contributed by atoms with Gasteiger partial charge in [0.05, 0.1) is 0 Å². The van der Waals surface area contributed by atoms with Crippen LogP contribution in [-0.4, -0.2) is 24.9 Å². The predicted octanol–water partition coefficient (Wildman–Crippen LogP) is 2.59. The maximum Gasteiger partial charge on any atom is 0.223 e. The first-order valence-electron chi connectivity index (χ1n) is 7.21. The number of hydrogen-bond acceptors (Lipinski definition) is 2. The van der Waals surface area contributed by atoms with Crippen molar-refractivity contribution in [1.82, 2.24) is 5.32 Å². The first kappa shape index (κ1) is 16.2. The van der Waals surface area contributed by atoms with E-state index in [2.05, 4.69) is 5.32 Å². The minimum absolute atomic E-state index is 0.0204. The zero-order valence-corrected chi connectivity index (χ0v) is 12.6. The van der Waals surface area contributed by atoms with Gasteiger partial charge in [-0.3, -0.25) is 9.59 Å². The number of nitrogens with one attached hydrogen (secondary N) is 1. The van der Waals surface area contributed by atoms with Crippen molar-refractivity contribution in [2.75, 3.05) is 18.0 Å². The van der Waals surface area contributed by atoms with Crippen LogP contribution in [0.25, 0.3) is 0 Å². The van der Waals surface area contributed by atoms with Crippen molar-refractivity contribution >= 4 is 17.5 Å². The van der Waals surface area contributed by atoms with Crippen molar-refractivity contribution in [3.63, 3.8) is 0 Å². The highest BCUT2D eigenvalue weighted by atomic mass is 16.2. The number of rotatable bonds is 7. The third-order valence-electron chi connectivity index (χ3n) is 3.44. The molecule has 0 heterocycles. The van der Waals surface area contributed by atoms with Gasteiger partial charge in [0.2, 0.25) is 11.8 Å². The smallest absolute Gasteiger partial charge is 0.223 e. The summed E-state index contributed by atoms with van der Waals surface area (Å²) in [5, 5.41) is 2.91. The third-order valence-corrected chi connectivity index (χ3v) is 3.44. The molecule has 0 saturated heterocycles. The fourth-order valence-corrected chi connectivity index (χ4v) is 2.17. The van der Waals surface area contributed by atoms with Crippen molar-refractivity contribution < 1.29 is 9.59 Å². The highest BCUT2D eigenvalue weighted by molar-refractivity contribution is 5.91. The number of carbonyl (C=O) groups excluding carboxylic acids is 2. The lowest BCUT2D eigenvalue weighted by Crippen LogP contribution is -2.39. The molecule has 0 atom stereocenters. The molecule has 0 spiro atoms. The summed E-state index contributed by atoms with van der Waals surface area (Å²) in [7, 11) is 0. The molecule has 0 aliphatic carbocycles. The summed E-state index contributed by atoms with van der Waals surface area (Å²) in [6, 6.07) is 9.49. The highest BCUT2D eigenvalue weighted by Crippen LogP contribution is 2.13. The Morgan fingerprint density at radius 1 is 1.15 bits per heavy atom. The largest absolute Gasteiger partial charge is 0.354 e. The number of anilines is 1. The molecule has 0 aromatic heterocycles. The van der Waals surface area contributed by atoms with E-state index in [1.165, 1.54) is 6.92 Å². The average Bonchev–Trinajstić information content (AvgIpc) is 2.45. The van der Waals surface area contributed by atoms with Crippen LogP contribution in [0.3, 0.4) is 0 Å². The van der Waals surface area contributed by atoms with E-state index in [9.17, 15) is 9.59 Å². The molecule has 1 rings (SSSR count). The Labute approximate surface area is 121 Å². The van der Waals surface area contributed by atoms with Gasteiger partial charge in [0.1, 0.15) is 0 Å². The Kier molecular flexibility index (Phi) is 6.77. The van der Waals surface area contributed by atoms with Gasteiger partial charge < -0.3 is 10.2 Å². The van der Waals surface area contributed by atoms with E-state index in [1.54, 1.807) is 4.90 Å². The molecule has 0 bridgehead atoms. The van der Waals surface area contributed by atoms with Gasteiger partial charge in [0.15, 0.2) is 0 Å². The standard InChI is InChI=1S/C16H24N2O2/c1-4-14(5-2)16(20)17-11-12-18(13(3)19)15-9-7-6-8-10-15/h6-10,14H,4-5,11-12H2,1-3H3,(H,17,20). The van der Waals surface area contributed by atoms with Crippen molar-refractivity contribution in [2.45, 2.75) is 33.6 Å². The Balaban J connectivity index is 2.53. The van der Waals surface area contributed by atoms with Gasteiger partial charge in [0, 0.05) is 31.6 Å². The lowest BCUT2D eigenvalue weighted by atomic mass is 10.0. The van der Waals surface area contributed by atoms with Crippen LogP contribution in [0.5, 0.6) is 0 Å². The summed E-state index contributed by atoms with van der Waals surface area (Å²) in [6.07, 6.45) is 1.69. The molecule has 0 aliphatic heterocycles. The van der Waals surface area contributed by atoms with Crippen molar-refractivity contribution in [2.24, 2.45) is 5.92 Å². The van der Waals surface area contributed by atoms with Crippen LogP contribution in [-0.2, 0) is 9.59 Å². The number of nitrogens with zero attached hydrogens (tertiary/aromatic N) is 1. The summed E-state index contributed by atoms with van der Waals surface area (Å²) in [5.41, 5.74) is 0.858. The number of para-hydroxylation sites is 1. The van der Waals surface area contributed by atoms with E-state index in [0.29, 0.717) is 13.1 Å². The summed E-state index contributed by atoms with van der Waals surface area (Å²) in [6.45, 7) is 6.53. The zero-order chi connectivity index (χ0) is 15.0. The Bertz CT molecular complexity index is 427. The van der Waals surface area contributed by atoms with Crippen LogP contribution >= 0.6 is 0 Å². The third kappa shape index (κ3) is 4.68. The van der Waals surface area contributed by atoms with E-state index in [0.717, 1.165) is 18.5 Å². The van der Waals surface area contributed by atoms with Gasteiger partial charge in [-0.25, -0.2) is 0 Å². The van der Waals surface area contributed by atoms with E-state index < -0.39 is 0 Å². The normalized spacial score (nSPS) is 10.4. The molecule has 110 valence electrons. The average molecular weight is 276 g/mol. The molecule has 0 saturated carbocycles. The second kappa shape index (κ2) is 8.35. The van der Waals surface area contributed by atoms with Crippen LogP contribution in [0.15, 0.2) is 30.3 Å². The Hall–Kier alpha value is -1.84. The molecule has 4 heteroatoms. The highest BCUT2D eigenvalue weighted by Gasteiger charge is 2.15. The monoisotopic (exact) mass is 276 g/mol. The van der Waals surface area contributed by atoms with Crippen molar-refractivity contribution in [3.8, 4) is 0 Å². The van der Waals surface area contributed by atoms with Crippen LogP contribution in [0.2, 0.25) is 0 Å². The second-order valence-corrected chi connectivity index (χ2v) is 4.81. The van der Waals surface area contributed by atoms with Crippen molar-refractivity contribution in [1.29, 1.82) is 0 Å². The lowest BCUT2D eigenvalue weighted by molar-refractivity contribution is -0.125. The van der Waals surface area contributed by atoms with Crippen LogP contribution in [0, 0.1) is 5.92 Å². The molecule has 2 amide bonds. The maximum atomic E-state index is 11.9. The first-order valence-corrected chi connectivity index (χ1v) is 7.21. The SMILES string of the molecule is CCC(CC)C(=O)NCCN(C(C)=O)c1ccccc1. The van der Waals surface area contributed by atoms with Gasteiger partial charge in [-0.05, 0) is 25.0 Å². The van der Waals surface area contributed by atoms with E-state index in [-0.39, 0.29) is 17.7 Å². The molecule has 1 N–H and O–H groups in total. The van der Waals surface area contributed by atoms with Gasteiger partial charge in [-0.2, -0.15) is 0 Å². The van der Waals surface area contributed by atoms with E-state index in [4.69, 9.17) is 0 Å². The topological polar surface area (TPSA) is 49.4 Å². The van der Waals surface area contributed by atoms with Crippen LogP contribution in [0.4, 0.5) is 5.69 Å². The molecule has 0 unspecified atom stereocenters. The molecular weight excluding hydrogens is 252 g/mol. The zero-order valence-electron chi connectivity index (χ0n) is 12.6. The summed E-state index contributed by atoms with van der Waals surface area (Å²) in [4.78, 5) is 25.2. The molecular formula is C16H24N2O2. The van der Waals surface area contributed by atoms with Crippen LogP contribution < -0.4 is 10.2 Å². The first-order chi connectivity index (χ1) is 9.60. The summed E-state index contributed by atoms with van der Waals surface area (Å²) < 4.78 is 0. The number of hydrogen-bond donors (Lipinski definition) is 1. The molecule has 0 fully saturated rings. The molecule has 0 aliphatic rings. The van der Waals surface area contributed by atoms with Gasteiger partial charge >= 0.3 is 0 Å². The van der Waals surface area contributed by atoms with Gasteiger partial charge in [-0.1, -0.05) is 32.0 Å². The minimum Gasteiger partial charge on any atom is -0.354 e.